The molecule has 3 rings (SSSR count). The van der Waals surface area contributed by atoms with Crippen LogP contribution in [0, 0.1) is 5.92 Å². The van der Waals surface area contributed by atoms with Crippen molar-refractivity contribution < 1.29 is 19.4 Å². The minimum absolute atomic E-state index is 0.0637. The van der Waals surface area contributed by atoms with E-state index in [-0.39, 0.29) is 12.2 Å². The molecule has 1 aliphatic heterocycles. The minimum Gasteiger partial charge on any atom is -0.481 e. The van der Waals surface area contributed by atoms with Gasteiger partial charge in [-0.05, 0) is 36.3 Å². The van der Waals surface area contributed by atoms with Gasteiger partial charge in [0.1, 0.15) is 12.5 Å². The number of ether oxygens (including phenoxy) is 1. The number of allylic oxidation sites excluding steroid dienone is 1. The first-order valence-electron chi connectivity index (χ1n) is 9.09. The van der Waals surface area contributed by atoms with E-state index in [0.717, 1.165) is 5.56 Å². The first-order valence-corrected chi connectivity index (χ1v) is 9.47. The zero-order valence-electron chi connectivity index (χ0n) is 15.8. The zero-order valence-corrected chi connectivity index (χ0v) is 16.5. The maximum absolute atomic E-state index is 12.8. The fourth-order valence-corrected chi connectivity index (χ4v) is 3.46. The Kier molecular flexibility index (Phi) is 6.62. The highest BCUT2D eigenvalue weighted by Gasteiger charge is 2.38. The van der Waals surface area contributed by atoms with Crippen LogP contribution in [0.5, 0.6) is 0 Å². The van der Waals surface area contributed by atoms with Gasteiger partial charge < -0.3 is 9.84 Å². The monoisotopic (exact) mass is 409 g/mol. The van der Waals surface area contributed by atoms with Crippen molar-refractivity contribution in [1.82, 2.24) is 0 Å². The van der Waals surface area contributed by atoms with Crippen molar-refractivity contribution in [2.45, 2.75) is 12.8 Å². The summed E-state index contributed by atoms with van der Waals surface area (Å²) >= 11 is 6.09. The summed E-state index contributed by atoms with van der Waals surface area (Å²) in [7, 11) is 0. The topological polar surface area (TPSA) is 76.0 Å². The van der Waals surface area contributed by atoms with Crippen LogP contribution in [0.3, 0.4) is 0 Å². The molecule has 2 unspecified atom stereocenters. The number of carbonyl (C=O) groups is 2. The number of rotatable bonds is 6. The van der Waals surface area contributed by atoms with E-state index in [4.69, 9.17) is 16.3 Å². The van der Waals surface area contributed by atoms with Crippen LogP contribution in [-0.4, -0.2) is 29.9 Å². The minimum atomic E-state index is -1.07. The van der Waals surface area contributed by atoms with Crippen LogP contribution in [-0.2, 0) is 14.3 Å². The molecule has 0 fully saturated rings. The van der Waals surface area contributed by atoms with Gasteiger partial charge in [0.25, 0.3) is 0 Å². The third kappa shape index (κ3) is 5.00. The molecule has 0 radical (unpaired) electrons. The van der Waals surface area contributed by atoms with Gasteiger partial charge in [0.2, 0.25) is 0 Å². The predicted molar refractivity (Wildman–Crippen MR) is 113 cm³/mol. The smallest absolute Gasteiger partial charge is 0.336 e. The number of carboxylic acid groups (broad SMARTS) is 1. The number of hydrogen-bond acceptors (Lipinski definition) is 4. The molecule has 0 amide bonds. The third-order valence-corrected chi connectivity index (χ3v) is 4.86. The van der Waals surface area contributed by atoms with E-state index in [1.54, 1.807) is 37.3 Å². The fraction of sp³-hybridized carbons (Fsp3) is 0.174. The molecule has 2 atom stereocenters. The van der Waals surface area contributed by atoms with E-state index >= 15 is 0 Å². The second kappa shape index (κ2) is 9.34. The number of aliphatic imine (C=N–C) groups is 1. The molecule has 2 aromatic carbocycles. The summed E-state index contributed by atoms with van der Waals surface area (Å²) in [6, 6.07) is 16.5. The highest BCUT2D eigenvalue weighted by atomic mass is 35.5. The Morgan fingerprint density at radius 2 is 1.93 bits per heavy atom. The van der Waals surface area contributed by atoms with Crippen molar-refractivity contribution in [2.24, 2.45) is 10.9 Å². The molecule has 0 aromatic heterocycles. The number of hydrogen-bond donors (Lipinski definition) is 1. The third-order valence-electron chi connectivity index (χ3n) is 4.62. The van der Waals surface area contributed by atoms with E-state index in [9.17, 15) is 14.7 Å². The molecule has 5 nitrogen and oxygen atoms in total. The fourth-order valence-electron chi connectivity index (χ4n) is 3.26. The standard InChI is InChI=1S/C23H20ClNO4/c1-15-20(23(28)29-12-6-9-16-7-3-2-4-8-16)21(19(14-25-15)22(26)27)17-10-5-11-18(24)13-17/h2-11,13-14,19,21H,12H2,1H3,(H,26,27). The average molecular weight is 410 g/mol. The highest BCUT2D eigenvalue weighted by molar-refractivity contribution is 6.30. The molecule has 0 saturated heterocycles. The average Bonchev–Trinajstić information content (AvgIpc) is 2.71. The number of nitrogens with zero attached hydrogens (tertiary/aromatic N) is 1. The molecular weight excluding hydrogens is 390 g/mol. The first kappa shape index (κ1) is 20.6. The van der Waals surface area contributed by atoms with E-state index in [1.807, 2.05) is 36.4 Å². The molecule has 1 N–H and O–H groups in total. The van der Waals surface area contributed by atoms with Crippen molar-refractivity contribution in [1.29, 1.82) is 0 Å². The molecule has 2 aromatic rings. The number of carboxylic acids is 1. The first-order chi connectivity index (χ1) is 14.0. The molecule has 0 saturated carbocycles. The van der Waals surface area contributed by atoms with Gasteiger partial charge >= 0.3 is 11.9 Å². The Morgan fingerprint density at radius 1 is 1.17 bits per heavy atom. The van der Waals surface area contributed by atoms with Crippen molar-refractivity contribution in [3.63, 3.8) is 0 Å². The maximum Gasteiger partial charge on any atom is 0.336 e. The summed E-state index contributed by atoms with van der Waals surface area (Å²) in [5, 5.41) is 10.1. The van der Waals surface area contributed by atoms with Crippen molar-refractivity contribution in [3.8, 4) is 0 Å². The molecule has 0 spiro atoms. The lowest BCUT2D eigenvalue weighted by molar-refractivity contribution is -0.140. The Morgan fingerprint density at radius 3 is 2.62 bits per heavy atom. The quantitative estimate of drug-likeness (QED) is 0.699. The van der Waals surface area contributed by atoms with E-state index in [1.165, 1.54) is 6.21 Å². The van der Waals surface area contributed by atoms with Crippen LogP contribution in [0.4, 0.5) is 0 Å². The molecule has 0 bridgehead atoms. The highest BCUT2D eigenvalue weighted by Crippen LogP contribution is 2.38. The van der Waals surface area contributed by atoms with Crippen LogP contribution in [0.2, 0.25) is 5.02 Å². The van der Waals surface area contributed by atoms with Crippen molar-refractivity contribution >= 4 is 35.8 Å². The second-order valence-corrected chi connectivity index (χ2v) is 7.02. The molecule has 0 aliphatic carbocycles. The molecule has 1 heterocycles. The second-order valence-electron chi connectivity index (χ2n) is 6.59. The largest absolute Gasteiger partial charge is 0.481 e. The summed E-state index contributed by atoms with van der Waals surface area (Å²) in [6.07, 6.45) is 4.94. The van der Waals surface area contributed by atoms with Crippen LogP contribution >= 0.6 is 11.6 Å². The zero-order chi connectivity index (χ0) is 20.8. The Balaban J connectivity index is 1.83. The number of aliphatic carboxylic acids is 1. The van der Waals surface area contributed by atoms with Crippen LogP contribution in [0.1, 0.15) is 24.0 Å². The van der Waals surface area contributed by atoms with Gasteiger partial charge in [-0.1, -0.05) is 60.1 Å². The Bertz CT molecular complexity index is 995. The summed E-state index contributed by atoms with van der Waals surface area (Å²) in [5.41, 5.74) is 2.28. The van der Waals surface area contributed by atoms with Gasteiger partial charge in [0, 0.05) is 22.9 Å². The lowest BCUT2D eigenvalue weighted by atomic mass is 9.78. The molecule has 148 valence electrons. The van der Waals surface area contributed by atoms with Gasteiger partial charge in [-0.3, -0.25) is 9.79 Å². The van der Waals surface area contributed by atoms with E-state index < -0.39 is 23.8 Å². The summed E-state index contributed by atoms with van der Waals surface area (Å²) in [5.74, 6) is -3.37. The lowest BCUT2D eigenvalue weighted by Gasteiger charge is -2.27. The van der Waals surface area contributed by atoms with Crippen molar-refractivity contribution in [3.05, 3.63) is 88.1 Å². The molecule has 6 heteroatoms. The SMILES string of the molecule is CC1=C(C(=O)OCC=Cc2ccccc2)C(c2cccc(Cl)c2)C(C(=O)O)C=N1. The van der Waals surface area contributed by atoms with Gasteiger partial charge in [-0.2, -0.15) is 0 Å². The number of carbonyl (C=O) groups excluding carboxylic acids is 1. The summed E-state index contributed by atoms with van der Waals surface area (Å²) in [4.78, 5) is 28.8. The van der Waals surface area contributed by atoms with E-state index in [2.05, 4.69) is 4.99 Å². The number of halogens is 1. The Labute approximate surface area is 174 Å². The van der Waals surface area contributed by atoms with Gasteiger partial charge in [0.05, 0.1) is 5.57 Å². The Hall–Kier alpha value is -3.18. The molecule has 1 aliphatic rings. The number of benzene rings is 2. The summed E-state index contributed by atoms with van der Waals surface area (Å²) < 4.78 is 5.40. The predicted octanol–water partition coefficient (Wildman–Crippen LogP) is 4.74. The van der Waals surface area contributed by atoms with Gasteiger partial charge in [0.15, 0.2) is 0 Å². The molecular formula is C23H20ClNO4. The maximum atomic E-state index is 12.8. The van der Waals surface area contributed by atoms with Crippen LogP contribution in [0.25, 0.3) is 6.08 Å². The van der Waals surface area contributed by atoms with Gasteiger partial charge in [-0.15, -0.1) is 0 Å². The van der Waals surface area contributed by atoms with E-state index in [0.29, 0.717) is 16.3 Å². The van der Waals surface area contributed by atoms with Gasteiger partial charge in [-0.25, -0.2) is 4.79 Å². The normalized spacial score (nSPS) is 18.8. The summed E-state index contributed by atoms with van der Waals surface area (Å²) in [6.45, 7) is 1.73. The van der Waals surface area contributed by atoms with Crippen LogP contribution in [0.15, 0.2) is 76.9 Å². The lowest BCUT2D eigenvalue weighted by Crippen LogP contribution is -2.31. The van der Waals surface area contributed by atoms with Crippen LogP contribution < -0.4 is 0 Å². The number of esters is 1. The van der Waals surface area contributed by atoms with Crippen molar-refractivity contribution in [2.75, 3.05) is 6.61 Å². The molecule has 29 heavy (non-hydrogen) atoms.